The number of rotatable bonds is 7. The number of hydrogen-bond donors (Lipinski definition) is 3. The predicted octanol–water partition coefficient (Wildman–Crippen LogP) is 3.56. The average Bonchev–Trinajstić information content (AvgIpc) is 3.56. The third-order valence-electron chi connectivity index (χ3n) is 8.72. The Morgan fingerprint density at radius 2 is 1.93 bits per heavy atom. The van der Waals surface area contributed by atoms with Gasteiger partial charge in [0.15, 0.2) is 5.82 Å². The summed E-state index contributed by atoms with van der Waals surface area (Å²) in [5.74, 6) is -0.798. The number of likely N-dealkylation sites (tertiary alicyclic amines) is 1. The molecule has 1 saturated carbocycles. The number of piperazine rings is 1. The lowest BCUT2D eigenvalue weighted by Crippen LogP contribution is -2.54. The zero-order valence-electron chi connectivity index (χ0n) is 24.5. The number of hydrogen-bond acceptors (Lipinski definition) is 8. The summed E-state index contributed by atoms with van der Waals surface area (Å²) in [7, 11) is 1.45. The molecular formula is C30H36ClFN8O3. The molecule has 3 unspecified atom stereocenters. The minimum absolute atomic E-state index is 0.0593. The first kappa shape index (κ1) is 29.3. The Morgan fingerprint density at radius 1 is 1.16 bits per heavy atom. The maximum absolute atomic E-state index is 14.4. The van der Waals surface area contributed by atoms with Gasteiger partial charge in [-0.05, 0) is 51.7 Å². The van der Waals surface area contributed by atoms with Crippen LogP contribution in [0.4, 0.5) is 10.1 Å². The van der Waals surface area contributed by atoms with Gasteiger partial charge in [0.05, 0.1) is 48.1 Å². The molecule has 3 aliphatic rings. The molecule has 13 heteroatoms. The molecule has 3 N–H and O–H groups in total. The van der Waals surface area contributed by atoms with Crippen molar-refractivity contribution >= 4 is 29.1 Å². The van der Waals surface area contributed by atoms with Crippen molar-refractivity contribution in [1.82, 2.24) is 35.7 Å². The smallest absolute Gasteiger partial charge is 0.272 e. The predicted molar refractivity (Wildman–Crippen MR) is 159 cm³/mol. The van der Waals surface area contributed by atoms with Gasteiger partial charge in [-0.1, -0.05) is 11.6 Å². The van der Waals surface area contributed by atoms with Crippen LogP contribution in [0.1, 0.15) is 55.7 Å². The molecule has 228 valence electrons. The summed E-state index contributed by atoms with van der Waals surface area (Å²) in [6.45, 7) is 6.75. The Labute approximate surface area is 254 Å². The maximum Gasteiger partial charge on any atom is 0.272 e. The minimum Gasteiger partial charge on any atom is -0.481 e. The molecule has 0 bridgehead atoms. The van der Waals surface area contributed by atoms with Crippen LogP contribution >= 0.6 is 11.6 Å². The SMILES string of the molecule is COc1cc(-c2cc(C(=O)N3CCC(C(=O)NCc4ncc(N5CC(C)NC(C)C5)cc4Cl)CC34CC4)[nH]n2)c(F)cn1. The molecule has 6 rings (SSSR count). The normalized spacial score (nSPS) is 22.9. The first-order valence-corrected chi connectivity index (χ1v) is 15.0. The fraction of sp³-hybridized carbons (Fsp3) is 0.500. The van der Waals surface area contributed by atoms with Crippen LogP contribution in [0.2, 0.25) is 5.02 Å². The van der Waals surface area contributed by atoms with Crippen molar-refractivity contribution in [2.75, 3.05) is 31.6 Å². The highest BCUT2D eigenvalue weighted by Crippen LogP contribution is 2.50. The number of carbonyl (C=O) groups excluding carboxylic acids is 2. The van der Waals surface area contributed by atoms with Crippen molar-refractivity contribution in [3.63, 3.8) is 0 Å². The van der Waals surface area contributed by atoms with E-state index in [0.29, 0.717) is 42.2 Å². The highest BCUT2D eigenvalue weighted by atomic mass is 35.5. The maximum atomic E-state index is 14.4. The molecule has 0 aromatic carbocycles. The van der Waals surface area contributed by atoms with Crippen molar-refractivity contribution in [1.29, 1.82) is 0 Å². The number of amides is 2. The van der Waals surface area contributed by atoms with Crippen molar-refractivity contribution < 1.29 is 18.7 Å². The standard InChI is InChI=1S/C30H36ClFN8O3/c1-17-15-39(16-18(2)36-17)20-8-22(31)26(33-12-20)14-35-28(41)19-4-7-40(30(11-19)5-6-30)29(42)25-10-24(37-38-25)21-9-27(43-3)34-13-23(21)32/h8-10,12-13,17-19,36H,4-7,11,14-16H2,1-3H3,(H,35,41)(H,37,38). The van der Waals surface area contributed by atoms with Gasteiger partial charge in [-0.25, -0.2) is 9.37 Å². The second kappa shape index (κ2) is 11.7. The van der Waals surface area contributed by atoms with Crippen LogP contribution < -0.4 is 20.3 Å². The molecule has 1 aliphatic carbocycles. The van der Waals surface area contributed by atoms with Gasteiger partial charge >= 0.3 is 0 Å². The molecule has 1 spiro atoms. The first-order valence-electron chi connectivity index (χ1n) is 14.7. The minimum atomic E-state index is -0.562. The van der Waals surface area contributed by atoms with E-state index in [1.807, 2.05) is 17.2 Å². The van der Waals surface area contributed by atoms with E-state index in [0.717, 1.165) is 37.8 Å². The van der Waals surface area contributed by atoms with Crippen LogP contribution in [0.15, 0.2) is 30.6 Å². The lowest BCUT2D eigenvalue weighted by Gasteiger charge is -2.39. The molecule has 3 fully saturated rings. The van der Waals surface area contributed by atoms with Crippen molar-refractivity contribution in [2.24, 2.45) is 5.92 Å². The van der Waals surface area contributed by atoms with E-state index < -0.39 is 5.82 Å². The Kier molecular flexibility index (Phi) is 7.99. The number of aromatic nitrogens is 4. The zero-order chi connectivity index (χ0) is 30.3. The van der Waals surface area contributed by atoms with Crippen LogP contribution in [-0.2, 0) is 11.3 Å². The van der Waals surface area contributed by atoms with Gasteiger partial charge in [0, 0.05) is 54.8 Å². The van der Waals surface area contributed by atoms with E-state index in [1.54, 1.807) is 6.07 Å². The third kappa shape index (κ3) is 6.03. The van der Waals surface area contributed by atoms with Crippen molar-refractivity contribution in [3.05, 3.63) is 52.8 Å². The van der Waals surface area contributed by atoms with Gasteiger partial charge in [0.2, 0.25) is 11.8 Å². The van der Waals surface area contributed by atoms with Crippen LogP contribution in [-0.4, -0.2) is 81.2 Å². The summed E-state index contributed by atoms with van der Waals surface area (Å²) in [6.07, 6.45) is 5.67. The molecule has 2 aliphatic heterocycles. The lowest BCUT2D eigenvalue weighted by atomic mass is 9.88. The molecule has 3 aromatic heterocycles. The molecular weight excluding hydrogens is 575 g/mol. The Hall–Kier alpha value is -3.77. The van der Waals surface area contributed by atoms with Crippen LogP contribution in [0.25, 0.3) is 11.3 Å². The Balaban J connectivity index is 1.06. The molecule has 43 heavy (non-hydrogen) atoms. The molecule has 5 heterocycles. The Morgan fingerprint density at radius 3 is 2.63 bits per heavy atom. The van der Waals surface area contributed by atoms with Crippen LogP contribution in [0, 0.1) is 11.7 Å². The topological polar surface area (TPSA) is 128 Å². The van der Waals surface area contributed by atoms with E-state index in [1.165, 1.54) is 13.2 Å². The highest BCUT2D eigenvalue weighted by molar-refractivity contribution is 6.31. The zero-order valence-corrected chi connectivity index (χ0v) is 25.2. The fourth-order valence-corrected chi connectivity index (χ4v) is 6.63. The largest absolute Gasteiger partial charge is 0.481 e. The van der Waals surface area contributed by atoms with E-state index >= 15 is 0 Å². The second-order valence-electron chi connectivity index (χ2n) is 12.0. The van der Waals surface area contributed by atoms with Crippen molar-refractivity contribution in [2.45, 2.75) is 63.7 Å². The third-order valence-corrected chi connectivity index (χ3v) is 9.05. The summed E-state index contributed by atoms with van der Waals surface area (Å²) in [6, 6.07) is 5.65. The Bertz CT molecular complexity index is 1520. The summed E-state index contributed by atoms with van der Waals surface area (Å²) >= 11 is 6.58. The van der Waals surface area contributed by atoms with Gasteiger partial charge in [-0.3, -0.25) is 19.7 Å². The number of aromatic amines is 1. The van der Waals surface area contributed by atoms with E-state index in [-0.39, 0.29) is 52.6 Å². The lowest BCUT2D eigenvalue weighted by molar-refractivity contribution is -0.127. The molecule has 3 aromatic rings. The van der Waals surface area contributed by atoms with E-state index in [9.17, 15) is 14.0 Å². The molecule has 2 amide bonds. The number of methoxy groups -OCH3 is 1. The van der Waals surface area contributed by atoms with Gasteiger partial charge in [-0.2, -0.15) is 5.10 Å². The van der Waals surface area contributed by atoms with Crippen LogP contribution in [0.5, 0.6) is 5.88 Å². The van der Waals surface area contributed by atoms with Gasteiger partial charge in [0.25, 0.3) is 5.91 Å². The molecule has 11 nitrogen and oxygen atoms in total. The fourth-order valence-electron chi connectivity index (χ4n) is 6.41. The summed E-state index contributed by atoms with van der Waals surface area (Å²) in [4.78, 5) is 39.2. The second-order valence-corrected chi connectivity index (χ2v) is 12.4. The first-order chi connectivity index (χ1) is 20.7. The van der Waals surface area contributed by atoms with Gasteiger partial charge in [-0.15, -0.1) is 0 Å². The average molecular weight is 611 g/mol. The molecule has 3 atom stereocenters. The number of halogens is 2. The number of ether oxygens (including phenoxy) is 1. The number of anilines is 1. The number of pyridine rings is 2. The number of nitrogens with one attached hydrogen (secondary N) is 3. The van der Waals surface area contributed by atoms with Crippen LogP contribution in [0.3, 0.4) is 0 Å². The van der Waals surface area contributed by atoms with E-state index in [4.69, 9.17) is 16.3 Å². The van der Waals surface area contributed by atoms with Gasteiger partial charge < -0.3 is 25.2 Å². The molecule has 0 radical (unpaired) electrons. The summed E-state index contributed by atoms with van der Waals surface area (Å²) < 4.78 is 19.5. The van der Waals surface area contributed by atoms with Crippen molar-refractivity contribution in [3.8, 4) is 17.1 Å². The summed E-state index contributed by atoms with van der Waals surface area (Å²) in [5, 5.41) is 14.0. The number of piperidine rings is 1. The molecule has 2 saturated heterocycles. The van der Waals surface area contributed by atoms with Gasteiger partial charge in [0.1, 0.15) is 5.69 Å². The number of H-pyrrole nitrogens is 1. The number of carbonyl (C=O) groups is 2. The highest BCUT2D eigenvalue weighted by Gasteiger charge is 2.54. The summed E-state index contributed by atoms with van der Waals surface area (Å²) in [5.41, 5.74) is 2.00. The quantitative estimate of drug-likeness (QED) is 0.371. The van der Waals surface area contributed by atoms with E-state index in [2.05, 4.69) is 49.5 Å². The number of nitrogens with zero attached hydrogens (tertiary/aromatic N) is 5. The monoisotopic (exact) mass is 610 g/mol.